The summed E-state index contributed by atoms with van der Waals surface area (Å²) in [6, 6.07) is 17.1. The van der Waals surface area contributed by atoms with Crippen molar-refractivity contribution in [3.8, 4) is 0 Å². The summed E-state index contributed by atoms with van der Waals surface area (Å²) in [5.41, 5.74) is 2.99. The molecular formula is C20H17ClN4O. The van der Waals surface area contributed by atoms with E-state index in [1.54, 1.807) is 11.0 Å². The molecule has 1 aromatic heterocycles. The van der Waals surface area contributed by atoms with Crippen LogP contribution in [0.2, 0.25) is 5.02 Å². The molecule has 130 valence electrons. The number of carbonyl (C=O) groups excluding carboxylic acids is 1. The van der Waals surface area contributed by atoms with Crippen molar-refractivity contribution in [3.05, 3.63) is 70.9 Å². The van der Waals surface area contributed by atoms with Crippen LogP contribution in [0, 0.1) is 6.92 Å². The third kappa shape index (κ3) is 3.13. The quantitative estimate of drug-likeness (QED) is 0.744. The highest BCUT2D eigenvalue weighted by Gasteiger charge is 2.26. The fourth-order valence-corrected chi connectivity index (χ4v) is 3.20. The van der Waals surface area contributed by atoms with E-state index in [4.69, 9.17) is 11.6 Å². The highest BCUT2D eigenvalue weighted by atomic mass is 35.5. The van der Waals surface area contributed by atoms with E-state index in [0.717, 1.165) is 22.2 Å². The lowest BCUT2D eigenvalue weighted by molar-refractivity contribution is 0.0852. The topological polar surface area (TPSA) is 57.6 Å². The summed E-state index contributed by atoms with van der Waals surface area (Å²) in [6.45, 7) is 3.04. The van der Waals surface area contributed by atoms with Crippen LogP contribution in [-0.4, -0.2) is 34.8 Å². The zero-order chi connectivity index (χ0) is 18.1. The lowest BCUT2D eigenvalue weighted by Gasteiger charge is -2.19. The van der Waals surface area contributed by atoms with Gasteiger partial charge in [0.1, 0.15) is 5.69 Å². The molecule has 1 N–H and O–H groups in total. The first kappa shape index (κ1) is 16.5. The Balaban J connectivity index is 1.59. The molecule has 0 saturated heterocycles. The van der Waals surface area contributed by atoms with E-state index < -0.39 is 0 Å². The summed E-state index contributed by atoms with van der Waals surface area (Å²) >= 11 is 6.28. The number of hydrogen-bond acceptors (Lipinski definition) is 4. The van der Waals surface area contributed by atoms with Gasteiger partial charge in [0.25, 0.3) is 5.91 Å². The zero-order valence-corrected chi connectivity index (χ0v) is 15.0. The van der Waals surface area contributed by atoms with Gasteiger partial charge >= 0.3 is 0 Å². The van der Waals surface area contributed by atoms with Gasteiger partial charge in [-0.1, -0.05) is 41.9 Å². The number of rotatable bonds is 2. The number of fused-ring (bicyclic) bond motifs is 1. The van der Waals surface area contributed by atoms with Crippen LogP contribution >= 0.6 is 11.6 Å². The molecule has 0 fully saturated rings. The van der Waals surface area contributed by atoms with Crippen LogP contribution in [0.25, 0.3) is 10.9 Å². The number of amides is 1. The largest absolute Gasteiger partial charge is 0.324 e. The molecule has 1 amide bonds. The normalized spacial score (nSPS) is 13.8. The van der Waals surface area contributed by atoms with Crippen LogP contribution in [0.1, 0.15) is 16.1 Å². The van der Waals surface area contributed by atoms with Gasteiger partial charge < -0.3 is 5.32 Å². The number of benzene rings is 2. The van der Waals surface area contributed by atoms with E-state index in [2.05, 4.69) is 15.3 Å². The van der Waals surface area contributed by atoms with E-state index in [1.165, 1.54) is 0 Å². The van der Waals surface area contributed by atoms with Crippen LogP contribution in [0.5, 0.6) is 0 Å². The fourth-order valence-electron chi connectivity index (χ4n) is 2.92. The van der Waals surface area contributed by atoms with Crippen molar-refractivity contribution in [2.45, 2.75) is 6.92 Å². The molecule has 0 radical (unpaired) electrons. The number of pyridine rings is 1. The van der Waals surface area contributed by atoms with Crippen molar-refractivity contribution in [2.75, 3.05) is 18.4 Å². The highest BCUT2D eigenvalue weighted by Crippen LogP contribution is 2.24. The molecule has 0 atom stereocenters. The molecule has 26 heavy (non-hydrogen) atoms. The minimum Gasteiger partial charge on any atom is -0.324 e. The second-order valence-corrected chi connectivity index (χ2v) is 6.57. The second kappa shape index (κ2) is 6.77. The summed E-state index contributed by atoms with van der Waals surface area (Å²) < 4.78 is 0. The number of aliphatic imine (C=N–C) groups is 1. The number of halogens is 1. The molecule has 3 aromatic rings. The van der Waals surface area contributed by atoms with Gasteiger partial charge in [-0.25, -0.2) is 4.98 Å². The number of aryl methyl sites for hydroxylation is 1. The van der Waals surface area contributed by atoms with Crippen molar-refractivity contribution in [3.63, 3.8) is 0 Å². The number of hydrogen-bond donors (Lipinski definition) is 1. The molecule has 2 heterocycles. The average Bonchev–Trinajstić information content (AvgIpc) is 3.11. The SMILES string of the molecule is Cc1ccc(NC2=NCCN2C(=O)c2ccc3ccccc3n2)c(Cl)c1. The maximum atomic E-state index is 12.9. The first-order valence-electron chi connectivity index (χ1n) is 8.37. The minimum absolute atomic E-state index is 0.178. The third-order valence-corrected chi connectivity index (χ3v) is 4.59. The number of para-hydroxylation sites is 1. The molecule has 2 aromatic carbocycles. The van der Waals surface area contributed by atoms with E-state index in [0.29, 0.717) is 29.8 Å². The smallest absolute Gasteiger partial charge is 0.279 e. The predicted octanol–water partition coefficient (Wildman–Crippen LogP) is 4.12. The first-order chi connectivity index (χ1) is 12.6. The van der Waals surface area contributed by atoms with Crippen molar-refractivity contribution in [1.82, 2.24) is 9.88 Å². The number of nitrogens with zero attached hydrogens (tertiary/aromatic N) is 3. The summed E-state index contributed by atoms with van der Waals surface area (Å²) in [7, 11) is 0. The van der Waals surface area contributed by atoms with Gasteiger partial charge in [0.15, 0.2) is 0 Å². The lowest BCUT2D eigenvalue weighted by Crippen LogP contribution is -2.38. The number of nitrogens with one attached hydrogen (secondary N) is 1. The molecule has 6 heteroatoms. The Kier molecular flexibility index (Phi) is 4.31. The predicted molar refractivity (Wildman–Crippen MR) is 105 cm³/mol. The molecule has 0 aliphatic carbocycles. The Labute approximate surface area is 156 Å². The fraction of sp³-hybridized carbons (Fsp3) is 0.150. The Morgan fingerprint density at radius 3 is 2.85 bits per heavy atom. The molecule has 0 bridgehead atoms. The molecule has 1 aliphatic heterocycles. The first-order valence-corrected chi connectivity index (χ1v) is 8.75. The van der Waals surface area contributed by atoms with Gasteiger partial charge in [0.2, 0.25) is 5.96 Å². The van der Waals surface area contributed by atoms with Gasteiger partial charge in [0, 0.05) is 11.9 Å². The van der Waals surface area contributed by atoms with Crippen molar-refractivity contribution >= 4 is 40.1 Å². The van der Waals surface area contributed by atoms with Crippen LogP contribution in [0.3, 0.4) is 0 Å². The van der Waals surface area contributed by atoms with Crippen LogP contribution in [-0.2, 0) is 0 Å². The molecule has 0 saturated carbocycles. The standard InChI is InChI=1S/C20H17ClN4O/c1-13-6-8-17(15(21)12-13)24-20-22-10-11-25(20)19(26)18-9-7-14-4-2-3-5-16(14)23-18/h2-9,12H,10-11H2,1H3,(H,22,24). The van der Waals surface area contributed by atoms with Gasteiger partial charge in [-0.2, -0.15) is 0 Å². The molecule has 1 aliphatic rings. The maximum Gasteiger partial charge on any atom is 0.279 e. The average molecular weight is 365 g/mol. The molecule has 5 nitrogen and oxygen atoms in total. The van der Waals surface area contributed by atoms with Gasteiger partial charge in [0.05, 0.1) is 22.8 Å². The number of anilines is 1. The number of guanidine groups is 1. The third-order valence-electron chi connectivity index (χ3n) is 4.27. The monoisotopic (exact) mass is 364 g/mol. The zero-order valence-electron chi connectivity index (χ0n) is 14.2. The second-order valence-electron chi connectivity index (χ2n) is 6.16. The molecular weight excluding hydrogens is 348 g/mol. The van der Waals surface area contributed by atoms with E-state index in [1.807, 2.05) is 55.5 Å². The van der Waals surface area contributed by atoms with Gasteiger partial charge in [-0.3, -0.25) is 14.7 Å². The van der Waals surface area contributed by atoms with Crippen LogP contribution in [0.4, 0.5) is 5.69 Å². The minimum atomic E-state index is -0.178. The summed E-state index contributed by atoms with van der Waals surface area (Å²) in [4.78, 5) is 23.4. The van der Waals surface area contributed by atoms with Crippen molar-refractivity contribution in [2.24, 2.45) is 4.99 Å². The Morgan fingerprint density at radius 1 is 1.15 bits per heavy atom. The number of aromatic nitrogens is 1. The van der Waals surface area contributed by atoms with Crippen molar-refractivity contribution < 1.29 is 4.79 Å². The summed E-state index contributed by atoms with van der Waals surface area (Å²) in [5.74, 6) is 0.318. The van der Waals surface area contributed by atoms with Crippen LogP contribution < -0.4 is 5.32 Å². The Hall–Kier alpha value is -2.92. The van der Waals surface area contributed by atoms with E-state index in [9.17, 15) is 4.79 Å². The molecule has 0 spiro atoms. The Morgan fingerprint density at radius 2 is 2.00 bits per heavy atom. The molecule has 4 rings (SSSR count). The van der Waals surface area contributed by atoms with Gasteiger partial charge in [-0.05, 0) is 36.8 Å². The Bertz CT molecular complexity index is 1030. The van der Waals surface area contributed by atoms with Gasteiger partial charge in [-0.15, -0.1) is 0 Å². The van der Waals surface area contributed by atoms with E-state index >= 15 is 0 Å². The van der Waals surface area contributed by atoms with E-state index in [-0.39, 0.29) is 5.91 Å². The maximum absolute atomic E-state index is 12.9. The highest BCUT2D eigenvalue weighted by molar-refractivity contribution is 6.34. The van der Waals surface area contributed by atoms with Crippen LogP contribution in [0.15, 0.2) is 59.6 Å². The summed E-state index contributed by atoms with van der Waals surface area (Å²) in [5, 5.41) is 4.77. The lowest BCUT2D eigenvalue weighted by atomic mass is 10.2. The molecule has 0 unspecified atom stereocenters. The van der Waals surface area contributed by atoms with Crippen molar-refractivity contribution in [1.29, 1.82) is 0 Å². The summed E-state index contributed by atoms with van der Waals surface area (Å²) in [6.07, 6.45) is 0. The number of carbonyl (C=O) groups is 1.